The summed E-state index contributed by atoms with van der Waals surface area (Å²) < 4.78 is 0. The SMILES string of the molecule is CC(=CCC1C(C)CCCC1(C)C)CCO. The van der Waals surface area contributed by atoms with Crippen molar-refractivity contribution in [1.82, 2.24) is 0 Å². The smallest absolute Gasteiger partial charge is 0.0468 e. The third kappa shape index (κ3) is 3.62. The third-order valence-electron chi connectivity index (χ3n) is 4.40. The second-order valence-corrected chi connectivity index (χ2v) is 6.22. The van der Waals surface area contributed by atoms with Gasteiger partial charge in [0, 0.05) is 6.61 Å². The Morgan fingerprint density at radius 1 is 1.44 bits per heavy atom. The van der Waals surface area contributed by atoms with E-state index in [1.54, 1.807) is 0 Å². The van der Waals surface area contributed by atoms with Crippen molar-refractivity contribution in [2.45, 2.75) is 59.8 Å². The monoisotopic (exact) mass is 224 g/mol. The summed E-state index contributed by atoms with van der Waals surface area (Å²) in [6.45, 7) is 9.66. The summed E-state index contributed by atoms with van der Waals surface area (Å²) in [4.78, 5) is 0. The molecule has 0 radical (unpaired) electrons. The number of rotatable bonds is 4. The lowest BCUT2D eigenvalue weighted by molar-refractivity contribution is 0.0861. The molecule has 94 valence electrons. The van der Waals surface area contributed by atoms with Crippen LogP contribution in [-0.2, 0) is 0 Å². The van der Waals surface area contributed by atoms with Crippen molar-refractivity contribution in [3.63, 3.8) is 0 Å². The van der Waals surface area contributed by atoms with Gasteiger partial charge in [0.1, 0.15) is 0 Å². The molecule has 16 heavy (non-hydrogen) atoms. The van der Waals surface area contributed by atoms with Crippen LogP contribution in [0.15, 0.2) is 11.6 Å². The van der Waals surface area contributed by atoms with Crippen molar-refractivity contribution >= 4 is 0 Å². The van der Waals surface area contributed by atoms with Crippen molar-refractivity contribution in [3.05, 3.63) is 11.6 Å². The van der Waals surface area contributed by atoms with Gasteiger partial charge >= 0.3 is 0 Å². The van der Waals surface area contributed by atoms with Crippen LogP contribution in [-0.4, -0.2) is 11.7 Å². The highest BCUT2D eigenvalue weighted by Crippen LogP contribution is 2.45. The summed E-state index contributed by atoms with van der Waals surface area (Å²) in [5.41, 5.74) is 1.84. The molecule has 2 atom stereocenters. The molecule has 1 N–H and O–H groups in total. The van der Waals surface area contributed by atoms with Gasteiger partial charge in [-0.1, -0.05) is 45.3 Å². The van der Waals surface area contributed by atoms with E-state index in [2.05, 4.69) is 33.8 Å². The fourth-order valence-electron chi connectivity index (χ4n) is 3.19. The summed E-state index contributed by atoms with van der Waals surface area (Å²) in [5.74, 6) is 1.66. The minimum absolute atomic E-state index is 0.284. The maximum Gasteiger partial charge on any atom is 0.0468 e. The zero-order valence-electron chi connectivity index (χ0n) is 11.4. The second-order valence-electron chi connectivity index (χ2n) is 6.22. The van der Waals surface area contributed by atoms with Gasteiger partial charge in [0.2, 0.25) is 0 Å². The molecule has 2 unspecified atom stereocenters. The van der Waals surface area contributed by atoms with Gasteiger partial charge in [-0.25, -0.2) is 0 Å². The summed E-state index contributed by atoms with van der Waals surface area (Å²) >= 11 is 0. The Balaban J connectivity index is 2.59. The predicted octanol–water partition coefficient (Wildman–Crippen LogP) is 4.17. The van der Waals surface area contributed by atoms with Crippen LogP contribution in [0.4, 0.5) is 0 Å². The summed E-state index contributed by atoms with van der Waals surface area (Å²) in [6.07, 6.45) is 8.53. The number of aliphatic hydroxyl groups excluding tert-OH is 1. The average molecular weight is 224 g/mol. The van der Waals surface area contributed by atoms with E-state index in [1.807, 2.05) is 0 Å². The van der Waals surface area contributed by atoms with E-state index in [0.717, 1.165) is 18.3 Å². The normalized spacial score (nSPS) is 30.4. The lowest BCUT2D eigenvalue weighted by Crippen LogP contribution is -2.33. The first-order valence-corrected chi connectivity index (χ1v) is 6.74. The van der Waals surface area contributed by atoms with Gasteiger partial charge in [-0.3, -0.25) is 0 Å². The lowest BCUT2D eigenvalue weighted by atomic mass is 9.63. The Labute approximate surface area is 101 Å². The first-order chi connectivity index (χ1) is 7.47. The summed E-state index contributed by atoms with van der Waals surface area (Å²) in [7, 11) is 0. The number of hydrogen-bond donors (Lipinski definition) is 1. The first kappa shape index (κ1) is 13.8. The van der Waals surface area contributed by atoms with Crippen LogP contribution in [0.1, 0.15) is 59.8 Å². The highest BCUT2D eigenvalue weighted by molar-refractivity contribution is 5.01. The average Bonchev–Trinajstić information content (AvgIpc) is 2.16. The minimum atomic E-state index is 0.284. The third-order valence-corrected chi connectivity index (χ3v) is 4.40. The van der Waals surface area contributed by atoms with Gasteiger partial charge in [0.25, 0.3) is 0 Å². The first-order valence-electron chi connectivity index (χ1n) is 6.74. The van der Waals surface area contributed by atoms with Crippen LogP contribution in [0.25, 0.3) is 0 Å². The molecule has 1 rings (SSSR count). The molecule has 1 nitrogen and oxygen atoms in total. The van der Waals surface area contributed by atoms with Gasteiger partial charge in [-0.15, -0.1) is 0 Å². The van der Waals surface area contributed by atoms with Crippen molar-refractivity contribution in [2.75, 3.05) is 6.61 Å². The molecule has 0 heterocycles. The van der Waals surface area contributed by atoms with Crippen molar-refractivity contribution < 1.29 is 5.11 Å². The van der Waals surface area contributed by atoms with E-state index in [0.29, 0.717) is 5.41 Å². The predicted molar refractivity (Wildman–Crippen MR) is 70.4 cm³/mol. The Kier molecular flexibility index (Phi) is 5.04. The van der Waals surface area contributed by atoms with Crippen molar-refractivity contribution in [2.24, 2.45) is 17.3 Å². The number of aliphatic hydroxyl groups is 1. The van der Waals surface area contributed by atoms with Crippen molar-refractivity contribution in [1.29, 1.82) is 0 Å². The van der Waals surface area contributed by atoms with E-state index in [1.165, 1.54) is 31.3 Å². The van der Waals surface area contributed by atoms with E-state index in [4.69, 9.17) is 5.11 Å². The molecule has 0 bridgehead atoms. The van der Waals surface area contributed by atoms with E-state index in [-0.39, 0.29) is 6.61 Å². The van der Waals surface area contributed by atoms with E-state index in [9.17, 15) is 0 Å². The zero-order valence-corrected chi connectivity index (χ0v) is 11.4. The highest BCUT2D eigenvalue weighted by Gasteiger charge is 2.35. The van der Waals surface area contributed by atoms with Crippen LogP contribution in [0.2, 0.25) is 0 Å². The molecule has 0 aromatic rings. The van der Waals surface area contributed by atoms with Gasteiger partial charge in [-0.05, 0) is 43.4 Å². The summed E-state index contributed by atoms with van der Waals surface area (Å²) in [5, 5.41) is 8.89. The van der Waals surface area contributed by atoms with Crippen LogP contribution in [0, 0.1) is 17.3 Å². The standard InChI is InChI=1S/C15H28O/c1-12(9-11-16)7-8-14-13(2)6-5-10-15(14,3)4/h7,13-14,16H,5-6,8-11H2,1-4H3. The molecule has 0 aliphatic heterocycles. The van der Waals surface area contributed by atoms with E-state index >= 15 is 0 Å². The Hall–Kier alpha value is -0.300. The van der Waals surface area contributed by atoms with Gasteiger partial charge in [0.15, 0.2) is 0 Å². The van der Waals surface area contributed by atoms with Crippen LogP contribution < -0.4 is 0 Å². The largest absolute Gasteiger partial charge is 0.396 e. The molecule has 0 spiro atoms. The second kappa shape index (κ2) is 5.86. The van der Waals surface area contributed by atoms with Gasteiger partial charge in [0.05, 0.1) is 0 Å². The highest BCUT2D eigenvalue weighted by atomic mass is 16.2. The van der Waals surface area contributed by atoms with Crippen LogP contribution in [0.3, 0.4) is 0 Å². The van der Waals surface area contributed by atoms with Crippen LogP contribution in [0.5, 0.6) is 0 Å². The molecule has 1 fully saturated rings. The molecule has 1 aliphatic carbocycles. The molecule has 1 aliphatic rings. The Morgan fingerprint density at radius 3 is 2.69 bits per heavy atom. The van der Waals surface area contributed by atoms with Crippen LogP contribution >= 0.6 is 0 Å². The number of allylic oxidation sites excluding steroid dienone is 1. The van der Waals surface area contributed by atoms with Gasteiger partial charge in [-0.2, -0.15) is 0 Å². The van der Waals surface area contributed by atoms with E-state index < -0.39 is 0 Å². The lowest BCUT2D eigenvalue weighted by Gasteiger charge is -2.42. The summed E-state index contributed by atoms with van der Waals surface area (Å²) in [6, 6.07) is 0. The zero-order chi connectivity index (χ0) is 12.2. The van der Waals surface area contributed by atoms with Crippen molar-refractivity contribution in [3.8, 4) is 0 Å². The Bertz CT molecular complexity index is 240. The van der Waals surface area contributed by atoms with Gasteiger partial charge < -0.3 is 5.11 Å². The molecular formula is C15H28O. The minimum Gasteiger partial charge on any atom is -0.396 e. The number of hydrogen-bond acceptors (Lipinski definition) is 1. The molecule has 0 amide bonds. The molecule has 0 saturated heterocycles. The fraction of sp³-hybridized carbons (Fsp3) is 0.867. The molecule has 1 heteroatoms. The maximum absolute atomic E-state index is 8.89. The molecule has 0 aromatic carbocycles. The Morgan fingerprint density at radius 2 is 2.12 bits per heavy atom. The quantitative estimate of drug-likeness (QED) is 0.711. The maximum atomic E-state index is 8.89. The molecule has 0 aromatic heterocycles. The fourth-order valence-corrected chi connectivity index (χ4v) is 3.19. The topological polar surface area (TPSA) is 20.2 Å². The molecule has 1 saturated carbocycles. The molecular weight excluding hydrogens is 196 g/mol.